The molecule has 0 amide bonds. The van der Waals surface area contributed by atoms with E-state index in [0.29, 0.717) is 13.1 Å². The average Bonchev–Trinajstić information content (AvgIpc) is 2.78. The molecule has 0 fully saturated rings. The lowest BCUT2D eigenvalue weighted by Gasteiger charge is -1.99. The van der Waals surface area contributed by atoms with Crippen molar-refractivity contribution in [1.82, 2.24) is 9.78 Å². The van der Waals surface area contributed by atoms with Crippen molar-refractivity contribution in [1.29, 1.82) is 0 Å². The van der Waals surface area contributed by atoms with Gasteiger partial charge in [-0.25, -0.2) is 4.79 Å². The number of rotatable bonds is 4. The van der Waals surface area contributed by atoms with Gasteiger partial charge in [0.25, 0.3) is 0 Å². The molecule has 0 saturated heterocycles. The van der Waals surface area contributed by atoms with E-state index in [4.69, 9.17) is 10.8 Å². The Hall–Kier alpha value is -2.14. The first kappa shape index (κ1) is 11.3. The van der Waals surface area contributed by atoms with Crippen molar-refractivity contribution in [3.8, 4) is 11.3 Å². The number of hydrogen-bond acceptors (Lipinski definition) is 3. The van der Waals surface area contributed by atoms with E-state index in [1.807, 2.05) is 12.3 Å². The first-order valence-corrected chi connectivity index (χ1v) is 5.28. The fraction of sp³-hybridized carbons (Fsp3) is 0.167. The minimum atomic E-state index is -0.926. The predicted octanol–water partition coefficient (Wildman–Crippen LogP) is 1.21. The summed E-state index contributed by atoms with van der Waals surface area (Å²) in [5.41, 5.74) is 7.42. The molecule has 2 rings (SSSR count). The molecule has 5 nitrogen and oxygen atoms in total. The second-order valence-electron chi connectivity index (χ2n) is 3.64. The Morgan fingerprint density at radius 3 is 2.59 bits per heavy atom. The second kappa shape index (κ2) is 4.80. The molecule has 0 aliphatic rings. The smallest absolute Gasteiger partial charge is 0.335 e. The van der Waals surface area contributed by atoms with Crippen molar-refractivity contribution in [3.63, 3.8) is 0 Å². The molecule has 1 aromatic carbocycles. The van der Waals surface area contributed by atoms with Crippen LogP contribution in [0.3, 0.4) is 0 Å². The van der Waals surface area contributed by atoms with Gasteiger partial charge in [0, 0.05) is 18.3 Å². The summed E-state index contributed by atoms with van der Waals surface area (Å²) in [4.78, 5) is 10.7. The number of nitrogens with zero attached hydrogens (tertiary/aromatic N) is 2. The van der Waals surface area contributed by atoms with Crippen molar-refractivity contribution in [3.05, 3.63) is 42.1 Å². The highest BCUT2D eigenvalue weighted by Gasteiger charge is 2.05. The SMILES string of the molecule is NCCn1ccc(-c2ccc(C(=O)O)cc2)n1. The number of carbonyl (C=O) groups is 1. The van der Waals surface area contributed by atoms with E-state index in [0.717, 1.165) is 11.3 Å². The van der Waals surface area contributed by atoms with Gasteiger partial charge in [-0.1, -0.05) is 12.1 Å². The maximum Gasteiger partial charge on any atom is 0.335 e. The molecule has 0 bridgehead atoms. The zero-order chi connectivity index (χ0) is 12.3. The van der Waals surface area contributed by atoms with Gasteiger partial charge < -0.3 is 10.8 Å². The minimum Gasteiger partial charge on any atom is -0.478 e. The molecular formula is C12H13N3O2. The minimum absolute atomic E-state index is 0.273. The van der Waals surface area contributed by atoms with Crippen LogP contribution in [0, 0.1) is 0 Å². The van der Waals surface area contributed by atoms with Gasteiger partial charge in [-0.3, -0.25) is 4.68 Å². The number of benzene rings is 1. The van der Waals surface area contributed by atoms with Crippen LogP contribution in [0.1, 0.15) is 10.4 Å². The summed E-state index contributed by atoms with van der Waals surface area (Å²) >= 11 is 0. The normalized spacial score (nSPS) is 10.4. The lowest BCUT2D eigenvalue weighted by molar-refractivity contribution is 0.0697. The largest absolute Gasteiger partial charge is 0.478 e. The standard InChI is InChI=1S/C12H13N3O2/c13-6-8-15-7-5-11(14-15)9-1-3-10(4-2-9)12(16)17/h1-5,7H,6,8,13H2,(H,16,17). The fourth-order valence-corrected chi connectivity index (χ4v) is 1.56. The van der Waals surface area contributed by atoms with Gasteiger partial charge in [0.15, 0.2) is 0 Å². The van der Waals surface area contributed by atoms with Crippen LogP contribution in [-0.4, -0.2) is 27.4 Å². The summed E-state index contributed by atoms with van der Waals surface area (Å²) in [6, 6.07) is 8.52. The first-order valence-electron chi connectivity index (χ1n) is 5.28. The van der Waals surface area contributed by atoms with E-state index in [9.17, 15) is 4.79 Å². The number of carboxylic acid groups (broad SMARTS) is 1. The molecule has 1 aromatic heterocycles. The highest BCUT2D eigenvalue weighted by Crippen LogP contribution is 2.17. The van der Waals surface area contributed by atoms with Crippen molar-refractivity contribution in [2.24, 2.45) is 5.73 Å². The first-order chi connectivity index (χ1) is 8.20. The molecule has 0 saturated carbocycles. The van der Waals surface area contributed by atoms with Crippen LogP contribution in [0.4, 0.5) is 0 Å². The summed E-state index contributed by atoms with van der Waals surface area (Å²) in [5, 5.41) is 13.1. The molecule has 0 unspecified atom stereocenters. The Morgan fingerprint density at radius 1 is 1.29 bits per heavy atom. The molecular weight excluding hydrogens is 218 g/mol. The zero-order valence-corrected chi connectivity index (χ0v) is 9.21. The van der Waals surface area contributed by atoms with E-state index in [1.165, 1.54) is 0 Å². The van der Waals surface area contributed by atoms with Gasteiger partial charge in [-0.2, -0.15) is 5.10 Å². The Labute approximate surface area is 98.5 Å². The lowest BCUT2D eigenvalue weighted by atomic mass is 10.1. The van der Waals surface area contributed by atoms with Gasteiger partial charge in [-0.15, -0.1) is 0 Å². The van der Waals surface area contributed by atoms with E-state index < -0.39 is 5.97 Å². The average molecular weight is 231 g/mol. The van der Waals surface area contributed by atoms with Gasteiger partial charge in [0.2, 0.25) is 0 Å². The van der Waals surface area contributed by atoms with Crippen LogP contribution in [0.2, 0.25) is 0 Å². The number of aromatic nitrogens is 2. The summed E-state index contributed by atoms with van der Waals surface area (Å²) < 4.78 is 1.76. The zero-order valence-electron chi connectivity index (χ0n) is 9.21. The molecule has 0 aliphatic heterocycles. The van der Waals surface area contributed by atoms with Crippen molar-refractivity contribution < 1.29 is 9.90 Å². The highest BCUT2D eigenvalue weighted by molar-refractivity contribution is 5.88. The third-order valence-corrected chi connectivity index (χ3v) is 2.43. The van der Waals surface area contributed by atoms with Crippen molar-refractivity contribution in [2.75, 3.05) is 6.54 Å². The lowest BCUT2D eigenvalue weighted by Crippen LogP contribution is -2.10. The molecule has 0 atom stereocenters. The van der Waals surface area contributed by atoms with Crippen molar-refractivity contribution >= 4 is 5.97 Å². The Morgan fingerprint density at radius 2 is 2.00 bits per heavy atom. The van der Waals surface area contributed by atoms with Gasteiger partial charge in [0.1, 0.15) is 0 Å². The Balaban J connectivity index is 2.23. The fourth-order valence-electron chi connectivity index (χ4n) is 1.56. The van der Waals surface area contributed by atoms with E-state index in [1.54, 1.807) is 28.9 Å². The summed E-state index contributed by atoms with van der Waals surface area (Å²) in [6.07, 6.45) is 1.85. The maximum absolute atomic E-state index is 10.7. The van der Waals surface area contributed by atoms with Gasteiger partial charge in [0.05, 0.1) is 17.8 Å². The molecule has 0 aliphatic carbocycles. The molecule has 0 radical (unpaired) electrons. The van der Waals surface area contributed by atoms with E-state index in [-0.39, 0.29) is 5.56 Å². The Bertz CT molecular complexity index is 517. The monoisotopic (exact) mass is 231 g/mol. The molecule has 88 valence electrons. The van der Waals surface area contributed by atoms with Crippen LogP contribution in [0.25, 0.3) is 11.3 Å². The van der Waals surface area contributed by atoms with Crippen LogP contribution >= 0.6 is 0 Å². The molecule has 0 spiro atoms. The maximum atomic E-state index is 10.7. The number of aromatic carboxylic acids is 1. The number of carboxylic acids is 1. The van der Waals surface area contributed by atoms with Gasteiger partial charge in [-0.05, 0) is 18.2 Å². The summed E-state index contributed by atoms with van der Waals surface area (Å²) in [5.74, 6) is -0.926. The van der Waals surface area contributed by atoms with Crippen molar-refractivity contribution in [2.45, 2.75) is 6.54 Å². The molecule has 2 aromatic rings. The van der Waals surface area contributed by atoms with E-state index in [2.05, 4.69) is 5.10 Å². The van der Waals surface area contributed by atoms with E-state index >= 15 is 0 Å². The molecule has 5 heteroatoms. The van der Waals surface area contributed by atoms with Crippen LogP contribution < -0.4 is 5.73 Å². The number of hydrogen-bond donors (Lipinski definition) is 2. The van der Waals surface area contributed by atoms with Gasteiger partial charge >= 0.3 is 5.97 Å². The topological polar surface area (TPSA) is 81.1 Å². The van der Waals surface area contributed by atoms with Crippen LogP contribution in [0.15, 0.2) is 36.5 Å². The molecule has 3 N–H and O–H groups in total. The summed E-state index contributed by atoms with van der Waals surface area (Å²) in [6.45, 7) is 1.21. The third-order valence-electron chi connectivity index (χ3n) is 2.43. The highest BCUT2D eigenvalue weighted by atomic mass is 16.4. The van der Waals surface area contributed by atoms with Crippen LogP contribution in [0.5, 0.6) is 0 Å². The summed E-state index contributed by atoms with van der Waals surface area (Å²) in [7, 11) is 0. The number of nitrogens with two attached hydrogens (primary N) is 1. The predicted molar refractivity (Wildman–Crippen MR) is 63.7 cm³/mol. The molecule has 1 heterocycles. The third kappa shape index (κ3) is 2.51. The van der Waals surface area contributed by atoms with Crippen LogP contribution in [-0.2, 0) is 6.54 Å². The second-order valence-corrected chi connectivity index (χ2v) is 3.64. The Kier molecular flexibility index (Phi) is 3.20. The quantitative estimate of drug-likeness (QED) is 0.828. The molecule has 17 heavy (non-hydrogen) atoms.